The van der Waals surface area contributed by atoms with Gasteiger partial charge in [0.2, 0.25) is 0 Å². The number of rotatable bonds is 6. The van der Waals surface area contributed by atoms with Crippen molar-refractivity contribution < 1.29 is 4.79 Å². The predicted molar refractivity (Wildman–Crippen MR) is 105 cm³/mol. The third kappa shape index (κ3) is 4.40. The first-order valence-corrected chi connectivity index (χ1v) is 9.24. The Labute approximate surface area is 156 Å². The zero-order valence-corrected chi connectivity index (χ0v) is 15.6. The number of benzene rings is 1. The van der Waals surface area contributed by atoms with Crippen molar-refractivity contribution in [3.63, 3.8) is 0 Å². The van der Waals surface area contributed by atoms with Gasteiger partial charge in [0.1, 0.15) is 0 Å². The molecular weight excluding hydrogens is 348 g/mol. The lowest BCUT2D eigenvalue weighted by molar-refractivity contribution is 0.0963. The van der Waals surface area contributed by atoms with Crippen molar-refractivity contribution in [3.8, 4) is 0 Å². The first-order chi connectivity index (χ1) is 12.7. The van der Waals surface area contributed by atoms with Crippen LogP contribution in [0.1, 0.15) is 21.6 Å². The molecule has 2 aromatic heterocycles. The number of hydrogen-bond donors (Lipinski definition) is 3. The van der Waals surface area contributed by atoms with Crippen LogP contribution in [0.25, 0.3) is 4.96 Å². The number of hydrogen-bond acceptors (Lipinski definition) is 4. The van der Waals surface area contributed by atoms with Crippen LogP contribution in [-0.2, 0) is 13.0 Å². The topological polar surface area (TPSA) is 82.8 Å². The summed E-state index contributed by atoms with van der Waals surface area (Å²) in [6.45, 7) is 1.33. The van der Waals surface area contributed by atoms with Gasteiger partial charge in [0.25, 0.3) is 5.91 Å². The van der Waals surface area contributed by atoms with Crippen LogP contribution >= 0.6 is 11.3 Å². The van der Waals surface area contributed by atoms with Gasteiger partial charge in [-0.25, -0.2) is 4.98 Å². The smallest absolute Gasteiger partial charge is 0.251 e. The van der Waals surface area contributed by atoms with Gasteiger partial charge in [0.15, 0.2) is 10.9 Å². The van der Waals surface area contributed by atoms with E-state index in [1.165, 1.54) is 0 Å². The fraction of sp³-hybridized carbons (Fsp3) is 0.278. The molecule has 7 nitrogen and oxygen atoms in total. The zero-order valence-electron chi connectivity index (χ0n) is 14.8. The van der Waals surface area contributed by atoms with E-state index < -0.39 is 0 Å². The van der Waals surface area contributed by atoms with E-state index in [-0.39, 0.29) is 5.91 Å². The van der Waals surface area contributed by atoms with Gasteiger partial charge in [-0.15, -0.1) is 11.3 Å². The van der Waals surface area contributed by atoms with Crippen molar-refractivity contribution in [1.82, 2.24) is 25.3 Å². The lowest BCUT2D eigenvalue weighted by Crippen LogP contribution is -2.37. The van der Waals surface area contributed by atoms with Gasteiger partial charge in [-0.1, -0.05) is 12.1 Å². The van der Waals surface area contributed by atoms with Gasteiger partial charge < -0.3 is 16.0 Å². The second-order valence-electron chi connectivity index (χ2n) is 5.71. The van der Waals surface area contributed by atoms with Crippen LogP contribution in [-0.4, -0.2) is 41.9 Å². The molecule has 1 aromatic carbocycles. The number of aliphatic imine (C=N–C) groups is 1. The average Bonchev–Trinajstić information content (AvgIpc) is 3.25. The molecule has 0 saturated heterocycles. The number of fused-ring (bicyclic) bond motifs is 1. The molecule has 0 atom stereocenters. The van der Waals surface area contributed by atoms with Crippen LogP contribution in [0.15, 0.2) is 47.0 Å². The van der Waals surface area contributed by atoms with Crippen LogP contribution in [0.4, 0.5) is 0 Å². The molecule has 2 heterocycles. The Bertz CT molecular complexity index is 885. The highest BCUT2D eigenvalue weighted by molar-refractivity contribution is 7.15. The minimum absolute atomic E-state index is 0.0720. The van der Waals surface area contributed by atoms with Gasteiger partial charge in [-0.05, 0) is 24.1 Å². The van der Waals surface area contributed by atoms with Gasteiger partial charge in [0, 0.05) is 44.0 Å². The lowest BCUT2D eigenvalue weighted by Gasteiger charge is -2.11. The molecule has 0 radical (unpaired) electrons. The van der Waals surface area contributed by atoms with E-state index in [0.717, 1.165) is 35.1 Å². The number of carbonyl (C=O) groups is 1. The van der Waals surface area contributed by atoms with E-state index in [9.17, 15) is 4.79 Å². The second kappa shape index (κ2) is 8.48. The fourth-order valence-electron chi connectivity index (χ4n) is 2.59. The van der Waals surface area contributed by atoms with E-state index >= 15 is 0 Å². The number of nitrogens with one attached hydrogen (secondary N) is 3. The Morgan fingerprint density at radius 3 is 3.00 bits per heavy atom. The molecule has 136 valence electrons. The summed E-state index contributed by atoms with van der Waals surface area (Å²) in [6.07, 6.45) is 4.80. The highest BCUT2D eigenvalue weighted by Gasteiger charge is 2.05. The highest BCUT2D eigenvalue weighted by atomic mass is 32.1. The maximum Gasteiger partial charge on any atom is 0.251 e. The summed E-state index contributed by atoms with van der Waals surface area (Å²) >= 11 is 1.61. The molecule has 3 rings (SSSR count). The lowest BCUT2D eigenvalue weighted by atomic mass is 10.1. The summed E-state index contributed by atoms with van der Waals surface area (Å²) in [5.74, 6) is 0.654. The van der Waals surface area contributed by atoms with Crippen molar-refractivity contribution in [2.45, 2.75) is 13.0 Å². The van der Waals surface area contributed by atoms with Crippen LogP contribution in [0.2, 0.25) is 0 Å². The van der Waals surface area contributed by atoms with Crippen LogP contribution < -0.4 is 16.0 Å². The monoisotopic (exact) mass is 370 g/mol. The molecule has 0 aliphatic heterocycles. The SMILES string of the molecule is CN=C(NCCc1cccc(C(=O)NC)c1)NCc1cn2ccsc2n1. The summed E-state index contributed by atoms with van der Waals surface area (Å²) in [6, 6.07) is 7.64. The molecule has 26 heavy (non-hydrogen) atoms. The Balaban J connectivity index is 1.48. The van der Waals surface area contributed by atoms with Crippen LogP contribution in [0.5, 0.6) is 0 Å². The predicted octanol–water partition coefficient (Wildman–Crippen LogP) is 1.66. The highest BCUT2D eigenvalue weighted by Crippen LogP contribution is 2.11. The number of guanidine groups is 1. The maximum atomic E-state index is 11.7. The van der Waals surface area contributed by atoms with E-state index in [1.807, 2.05) is 46.4 Å². The van der Waals surface area contributed by atoms with E-state index in [1.54, 1.807) is 25.4 Å². The Kier molecular flexibility index (Phi) is 5.85. The average molecular weight is 370 g/mol. The number of aromatic nitrogens is 2. The molecule has 0 spiro atoms. The number of nitrogens with zero attached hydrogens (tertiary/aromatic N) is 3. The molecule has 0 unspecified atom stereocenters. The summed E-state index contributed by atoms with van der Waals surface area (Å²) in [4.78, 5) is 21.5. The third-order valence-electron chi connectivity index (χ3n) is 3.93. The zero-order chi connectivity index (χ0) is 18.4. The third-order valence-corrected chi connectivity index (χ3v) is 4.70. The Morgan fingerprint density at radius 1 is 1.35 bits per heavy atom. The maximum absolute atomic E-state index is 11.7. The summed E-state index contributed by atoms with van der Waals surface area (Å²) < 4.78 is 2.01. The van der Waals surface area contributed by atoms with Crippen LogP contribution in [0, 0.1) is 0 Å². The Hall–Kier alpha value is -2.87. The molecule has 0 aliphatic rings. The fourth-order valence-corrected chi connectivity index (χ4v) is 3.31. The van der Waals surface area contributed by atoms with E-state index in [2.05, 4.69) is 25.9 Å². The summed E-state index contributed by atoms with van der Waals surface area (Å²) in [5, 5.41) is 11.2. The largest absolute Gasteiger partial charge is 0.356 e. The minimum atomic E-state index is -0.0720. The van der Waals surface area contributed by atoms with Gasteiger partial charge in [-0.2, -0.15) is 0 Å². The Morgan fingerprint density at radius 2 is 2.23 bits per heavy atom. The normalized spacial score (nSPS) is 11.5. The van der Waals surface area contributed by atoms with E-state index in [4.69, 9.17) is 0 Å². The molecule has 0 bridgehead atoms. The van der Waals surface area contributed by atoms with Crippen molar-refractivity contribution in [3.05, 3.63) is 58.9 Å². The summed E-state index contributed by atoms with van der Waals surface area (Å²) in [5.41, 5.74) is 2.74. The van der Waals surface area contributed by atoms with Crippen molar-refractivity contribution >= 4 is 28.2 Å². The number of carbonyl (C=O) groups excluding carboxylic acids is 1. The molecular formula is C18H22N6OS. The molecule has 3 aromatic rings. The van der Waals surface area contributed by atoms with E-state index in [0.29, 0.717) is 12.1 Å². The molecule has 0 aliphatic carbocycles. The van der Waals surface area contributed by atoms with Crippen molar-refractivity contribution in [1.29, 1.82) is 0 Å². The number of amides is 1. The second-order valence-corrected chi connectivity index (χ2v) is 6.58. The van der Waals surface area contributed by atoms with Gasteiger partial charge >= 0.3 is 0 Å². The molecule has 0 saturated carbocycles. The molecule has 1 amide bonds. The molecule has 8 heteroatoms. The molecule has 0 fully saturated rings. The standard InChI is InChI=1S/C18H22N6OS/c1-19-16(25)14-5-3-4-13(10-14)6-7-21-17(20-2)22-11-15-12-24-8-9-26-18(24)23-15/h3-5,8-10,12H,6-7,11H2,1-2H3,(H,19,25)(H2,20,21,22). The van der Waals surface area contributed by atoms with Gasteiger partial charge in [-0.3, -0.25) is 14.2 Å². The number of thiazole rings is 1. The quantitative estimate of drug-likeness (QED) is 0.455. The van der Waals surface area contributed by atoms with Crippen molar-refractivity contribution in [2.75, 3.05) is 20.6 Å². The first-order valence-electron chi connectivity index (χ1n) is 8.36. The van der Waals surface area contributed by atoms with Crippen LogP contribution in [0.3, 0.4) is 0 Å². The number of imidazole rings is 1. The molecule has 3 N–H and O–H groups in total. The summed E-state index contributed by atoms with van der Waals surface area (Å²) in [7, 11) is 3.38. The van der Waals surface area contributed by atoms with Gasteiger partial charge in [0.05, 0.1) is 12.2 Å². The first kappa shape index (κ1) is 17.9. The minimum Gasteiger partial charge on any atom is -0.356 e. The van der Waals surface area contributed by atoms with Crippen molar-refractivity contribution in [2.24, 2.45) is 4.99 Å².